The van der Waals surface area contributed by atoms with Gasteiger partial charge in [0.1, 0.15) is 0 Å². The highest BCUT2D eigenvalue weighted by Crippen LogP contribution is 2.49. The van der Waals surface area contributed by atoms with E-state index in [9.17, 15) is 0 Å². The minimum absolute atomic E-state index is 0.423. The second-order valence-corrected chi connectivity index (χ2v) is 14.1. The van der Waals surface area contributed by atoms with Crippen LogP contribution in [0.2, 0.25) is 0 Å². The predicted molar refractivity (Wildman–Crippen MR) is 213 cm³/mol. The molecule has 2 unspecified atom stereocenters. The molecule has 9 rings (SSSR count). The van der Waals surface area contributed by atoms with Crippen LogP contribution >= 0.6 is 11.8 Å². The third-order valence-corrected chi connectivity index (χ3v) is 11.1. The molecule has 0 radical (unpaired) electrons. The van der Waals surface area contributed by atoms with Crippen LogP contribution in [0.1, 0.15) is 17.0 Å². The number of thioether (sulfide) groups is 1. The molecule has 1 nitrogen and oxygen atoms in total. The van der Waals surface area contributed by atoms with Crippen molar-refractivity contribution >= 4 is 34.4 Å². The molecule has 1 aliphatic carbocycles. The van der Waals surface area contributed by atoms with Gasteiger partial charge < -0.3 is 4.90 Å². The van der Waals surface area contributed by atoms with Gasteiger partial charge in [0.05, 0.1) is 0 Å². The smallest absolute Gasteiger partial charge is 0.0462 e. The van der Waals surface area contributed by atoms with Crippen LogP contribution in [0.3, 0.4) is 0 Å². The SMILES string of the molecule is C1=CC2Sc3ccccc3C2C=C1c1ccc(N(c2ccccc2)c2ccc(-c3cc(-c4ccccc4)cc(-c4ccccc4)c3)cc2)cc1. The summed E-state index contributed by atoms with van der Waals surface area (Å²) < 4.78 is 0. The van der Waals surface area contributed by atoms with E-state index < -0.39 is 0 Å². The normalized spacial score (nSPS) is 16.0. The van der Waals surface area contributed by atoms with Crippen molar-refractivity contribution in [3.63, 3.8) is 0 Å². The molecule has 0 saturated carbocycles. The Kier molecular flexibility index (Phi) is 8.00. The quantitative estimate of drug-likeness (QED) is 0.168. The number of allylic oxidation sites excluding steroid dienone is 3. The Morgan fingerprint density at radius 1 is 0.400 bits per heavy atom. The van der Waals surface area contributed by atoms with Crippen molar-refractivity contribution in [2.45, 2.75) is 16.1 Å². The van der Waals surface area contributed by atoms with Crippen LogP contribution < -0.4 is 4.90 Å². The van der Waals surface area contributed by atoms with Gasteiger partial charge in [-0.25, -0.2) is 0 Å². The summed E-state index contributed by atoms with van der Waals surface area (Å²) in [5.74, 6) is 0.423. The number of hydrogen-bond donors (Lipinski definition) is 0. The fraction of sp³-hybridized carbons (Fsp3) is 0.0417. The topological polar surface area (TPSA) is 3.24 Å². The molecule has 7 aromatic carbocycles. The van der Waals surface area contributed by atoms with Crippen molar-refractivity contribution in [1.82, 2.24) is 0 Å². The summed E-state index contributed by atoms with van der Waals surface area (Å²) in [5.41, 5.74) is 14.6. The molecule has 0 bridgehead atoms. The summed E-state index contributed by atoms with van der Waals surface area (Å²) in [6.07, 6.45) is 7.15. The van der Waals surface area contributed by atoms with E-state index in [1.54, 1.807) is 0 Å². The summed E-state index contributed by atoms with van der Waals surface area (Å²) in [4.78, 5) is 3.75. The molecule has 0 saturated heterocycles. The maximum absolute atomic E-state index is 2.46. The molecule has 1 heterocycles. The number of fused-ring (bicyclic) bond motifs is 3. The summed E-state index contributed by atoms with van der Waals surface area (Å²) in [6, 6.07) is 65.8. The minimum Gasteiger partial charge on any atom is -0.311 e. The van der Waals surface area contributed by atoms with Gasteiger partial charge in [-0.15, -0.1) is 11.8 Å². The highest BCUT2D eigenvalue weighted by molar-refractivity contribution is 8.00. The van der Waals surface area contributed by atoms with E-state index >= 15 is 0 Å². The van der Waals surface area contributed by atoms with Crippen molar-refractivity contribution in [2.75, 3.05) is 4.90 Å². The molecule has 238 valence electrons. The van der Waals surface area contributed by atoms with E-state index in [0.717, 1.165) is 17.1 Å². The monoisotopic (exact) mass is 657 g/mol. The van der Waals surface area contributed by atoms with Gasteiger partial charge in [0, 0.05) is 33.1 Å². The van der Waals surface area contributed by atoms with Crippen LogP contribution in [0.25, 0.3) is 39.0 Å². The van der Waals surface area contributed by atoms with Gasteiger partial charge in [0.2, 0.25) is 0 Å². The number of para-hydroxylation sites is 1. The van der Waals surface area contributed by atoms with Crippen LogP contribution in [0.15, 0.2) is 205 Å². The van der Waals surface area contributed by atoms with Gasteiger partial charge in [0.15, 0.2) is 0 Å². The molecule has 2 atom stereocenters. The predicted octanol–water partition coefficient (Wildman–Crippen LogP) is 13.4. The van der Waals surface area contributed by atoms with E-state index in [4.69, 9.17) is 0 Å². The number of benzene rings is 7. The highest BCUT2D eigenvalue weighted by atomic mass is 32.2. The molecule has 7 aromatic rings. The fourth-order valence-electron chi connectivity index (χ4n) is 7.26. The number of rotatable bonds is 7. The number of anilines is 3. The third-order valence-electron chi connectivity index (χ3n) is 9.80. The van der Waals surface area contributed by atoms with Gasteiger partial charge >= 0.3 is 0 Å². The van der Waals surface area contributed by atoms with Crippen LogP contribution in [0.4, 0.5) is 17.1 Å². The first-order chi connectivity index (χ1) is 24.8. The lowest BCUT2D eigenvalue weighted by molar-refractivity contribution is 0.884. The van der Waals surface area contributed by atoms with Crippen molar-refractivity contribution in [3.05, 3.63) is 211 Å². The summed E-state index contributed by atoms with van der Waals surface area (Å²) in [5, 5.41) is 0.484. The molecular formula is C48H35NS. The fourth-order valence-corrected chi connectivity index (χ4v) is 8.58. The lowest BCUT2D eigenvalue weighted by atomic mass is 9.87. The second-order valence-electron chi connectivity index (χ2n) is 12.9. The summed E-state index contributed by atoms with van der Waals surface area (Å²) >= 11 is 1.98. The molecule has 0 amide bonds. The van der Waals surface area contributed by atoms with E-state index in [1.807, 2.05) is 11.8 Å². The Bertz CT molecular complexity index is 2270. The van der Waals surface area contributed by atoms with E-state index in [0.29, 0.717) is 11.2 Å². The minimum atomic E-state index is 0.423. The highest BCUT2D eigenvalue weighted by Gasteiger charge is 2.32. The Hall–Kier alpha value is -5.83. The molecule has 0 aromatic heterocycles. The maximum atomic E-state index is 2.46. The van der Waals surface area contributed by atoms with Crippen molar-refractivity contribution in [2.24, 2.45) is 0 Å². The van der Waals surface area contributed by atoms with Gasteiger partial charge in [0.25, 0.3) is 0 Å². The maximum Gasteiger partial charge on any atom is 0.0462 e. The average molecular weight is 658 g/mol. The average Bonchev–Trinajstić information content (AvgIpc) is 3.58. The number of hydrogen-bond acceptors (Lipinski definition) is 2. The standard InChI is InChI=1S/C48H35NS/c1-4-12-34(13-5-1)39-30-40(35-14-6-2-7-15-35)32-41(31-39)37-22-27-44(28-23-37)49(42-16-8-3-9-17-42)43-25-20-36(21-26-43)38-24-29-48-46(33-38)45-18-10-11-19-47(45)50-48/h1-33,46,48H. The van der Waals surface area contributed by atoms with Crippen molar-refractivity contribution < 1.29 is 0 Å². The Labute approximate surface area is 298 Å². The molecule has 2 aliphatic rings. The molecular weight excluding hydrogens is 623 g/mol. The van der Waals surface area contributed by atoms with Crippen molar-refractivity contribution in [3.8, 4) is 33.4 Å². The van der Waals surface area contributed by atoms with Gasteiger partial charge in [-0.3, -0.25) is 0 Å². The largest absolute Gasteiger partial charge is 0.311 e. The molecule has 0 fully saturated rings. The van der Waals surface area contributed by atoms with Crippen LogP contribution in [0, 0.1) is 0 Å². The lowest BCUT2D eigenvalue weighted by Crippen LogP contribution is -2.10. The lowest BCUT2D eigenvalue weighted by Gasteiger charge is -2.26. The first kappa shape index (κ1) is 30.2. The van der Waals surface area contributed by atoms with Crippen LogP contribution in [-0.4, -0.2) is 5.25 Å². The molecule has 2 heteroatoms. The van der Waals surface area contributed by atoms with Crippen molar-refractivity contribution in [1.29, 1.82) is 0 Å². The van der Waals surface area contributed by atoms with E-state index in [2.05, 4.69) is 205 Å². The Balaban J connectivity index is 1.05. The summed E-state index contributed by atoms with van der Waals surface area (Å²) in [6.45, 7) is 0. The second kappa shape index (κ2) is 13.2. The third kappa shape index (κ3) is 5.89. The zero-order valence-electron chi connectivity index (χ0n) is 27.6. The van der Waals surface area contributed by atoms with Gasteiger partial charge in [-0.2, -0.15) is 0 Å². The van der Waals surface area contributed by atoms with Crippen LogP contribution in [-0.2, 0) is 0 Å². The zero-order valence-corrected chi connectivity index (χ0v) is 28.4. The number of nitrogens with zero attached hydrogens (tertiary/aromatic N) is 1. The molecule has 0 spiro atoms. The van der Waals surface area contributed by atoms with Gasteiger partial charge in [-0.1, -0.05) is 140 Å². The molecule has 50 heavy (non-hydrogen) atoms. The van der Waals surface area contributed by atoms with Gasteiger partial charge in [-0.05, 0) is 111 Å². The summed E-state index contributed by atoms with van der Waals surface area (Å²) in [7, 11) is 0. The molecule has 0 N–H and O–H groups in total. The molecule has 1 aliphatic heterocycles. The van der Waals surface area contributed by atoms with E-state index in [-0.39, 0.29) is 0 Å². The Morgan fingerprint density at radius 3 is 1.44 bits per heavy atom. The first-order valence-corrected chi connectivity index (χ1v) is 18.1. The first-order valence-electron chi connectivity index (χ1n) is 17.2. The van der Waals surface area contributed by atoms with E-state index in [1.165, 1.54) is 55.0 Å². The zero-order chi connectivity index (χ0) is 33.3. The van der Waals surface area contributed by atoms with Crippen LogP contribution in [0.5, 0.6) is 0 Å². The Morgan fingerprint density at radius 2 is 0.860 bits per heavy atom.